The van der Waals surface area contributed by atoms with Crippen molar-refractivity contribution in [2.45, 2.75) is 32.2 Å². The summed E-state index contributed by atoms with van der Waals surface area (Å²) in [5.41, 5.74) is 0.741. The van der Waals surface area contributed by atoms with E-state index >= 15 is 0 Å². The van der Waals surface area contributed by atoms with Gasteiger partial charge in [-0.3, -0.25) is 4.79 Å². The van der Waals surface area contributed by atoms with Crippen molar-refractivity contribution in [3.63, 3.8) is 0 Å². The van der Waals surface area contributed by atoms with Crippen molar-refractivity contribution >= 4 is 5.91 Å². The number of carbonyl (C=O) groups is 1. The first-order valence-corrected chi connectivity index (χ1v) is 6.08. The van der Waals surface area contributed by atoms with Gasteiger partial charge in [-0.05, 0) is 43.4 Å². The summed E-state index contributed by atoms with van der Waals surface area (Å²) in [7, 11) is 1.84. The number of rotatable bonds is 4. The lowest BCUT2D eigenvalue weighted by Gasteiger charge is -2.25. The molecule has 92 valence electrons. The zero-order valence-electron chi connectivity index (χ0n) is 10.3. The molecule has 0 spiro atoms. The second kappa shape index (κ2) is 4.86. The first-order valence-electron chi connectivity index (χ1n) is 6.08. The summed E-state index contributed by atoms with van der Waals surface area (Å²) >= 11 is 0. The highest BCUT2D eigenvalue weighted by atomic mass is 19.1. The molecule has 0 bridgehead atoms. The summed E-state index contributed by atoms with van der Waals surface area (Å²) in [5, 5.41) is 0. The van der Waals surface area contributed by atoms with Gasteiger partial charge in [0, 0.05) is 13.1 Å². The Balaban J connectivity index is 1.96. The SMILES string of the molecule is CC(C1CC1)N(C)C(=O)Cc1cccc(F)c1. The van der Waals surface area contributed by atoms with E-state index < -0.39 is 0 Å². The van der Waals surface area contributed by atoms with E-state index in [1.54, 1.807) is 17.0 Å². The van der Waals surface area contributed by atoms with E-state index in [-0.39, 0.29) is 18.1 Å². The maximum atomic E-state index is 13.0. The molecule has 1 aliphatic carbocycles. The lowest BCUT2D eigenvalue weighted by Crippen LogP contribution is -2.37. The molecule has 1 aromatic rings. The highest BCUT2D eigenvalue weighted by molar-refractivity contribution is 5.78. The summed E-state index contributed by atoms with van der Waals surface area (Å²) in [4.78, 5) is 13.8. The van der Waals surface area contributed by atoms with E-state index in [0.29, 0.717) is 12.0 Å². The number of hydrogen-bond donors (Lipinski definition) is 0. The number of carbonyl (C=O) groups excluding carboxylic acids is 1. The average Bonchev–Trinajstić information content (AvgIpc) is 3.11. The van der Waals surface area contributed by atoms with E-state index in [1.807, 2.05) is 7.05 Å². The zero-order valence-corrected chi connectivity index (χ0v) is 10.3. The van der Waals surface area contributed by atoms with Crippen molar-refractivity contribution in [1.82, 2.24) is 4.90 Å². The van der Waals surface area contributed by atoms with E-state index in [0.717, 1.165) is 5.56 Å². The third-order valence-electron chi connectivity index (χ3n) is 3.55. The Hall–Kier alpha value is -1.38. The van der Waals surface area contributed by atoms with Gasteiger partial charge in [-0.15, -0.1) is 0 Å². The maximum absolute atomic E-state index is 13.0. The Labute approximate surface area is 101 Å². The number of amides is 1. The van der Waals surface area contributed by atoms with Crippen LogP contribution in [0.3, 0.4) is 0 Å². The van der Waals surface area contributed by atoms with Crippen LogP contribution in [-0.4, -0.2) is 23.9 Å². The smallest absolute Gasteiger partial charge is 0.226 e. The van der Waals surface area contributed by atoms with Crippen LogP contribution in [0.1, 0.15) is 25.3 Å². The van der Waals surface area contributed by atoms with Gasteiger partial charge in [-0.1, -0.05) is 12.1 Å². The molecule has 1 aromatic carbocycles. The molecule has 1 fully saturated rings. The quantitative estimate of drug-likeness (QED) is 0.785. The molecule has 1 aliphatic rings. The Morgan fingerprint density at radius 1 is 1.53 bits per heavy atom. The predicted molar refractivity (Wildman–Crippen MR) is 65.1 cm³/mol. The van der Waals surface area contributed by atoms with E-state index in [1.165, 1.54) is 25.0 Å². The van der Waals surface area contributed by atoms with Crippen LogP contribution in [0.15, 0.2) is 24.3 Å². The number of nitrogens with zero attached hydrogens (tertiary/aromatic N) is 1. The van der Waals surface area contributed by atoms with Crippen LogP contribution in [-0.2, 0) is 11.2 Å². The van der Waals surface area contributed by atoms with Gasteiger partial charge in [0.15, 0.2) is 0 Å². The molecule has 0 N–H and O–H groups in total. The van der Waals surface area contributed by atoms with Crippen LogP contribution in [0.2, 0.25) is 0 Å². The lowest BCUT2D eigenvalue weighted by atomic mass is 10.1. The number of benzene rings is 1. The van der Waals surface area contributed by atoms with Crippen LogP contribution in [0.5, 0.6) is 0 Å². The molecule has 1 atom stereocenters. The summed E-state index contributed by atoms with van der Waals surface area (Å²) in [6.07, 6.45) is 2.73. The van der Waals surface area contributed by atoms with Crippen LogP contribution in [0.4, 0.5) is 4.39 Å². The third-order valence-corrected chi connectivity index (χ3v) is 3.55. The Kier molecular flexibility index (Phi) is 3.46. The highest BCUT2D eigenvalue weighted by Crippen LogP contribution is 2.34. The first kappa shape index (κ1) is 12.1. The predicted octanol–water partition coefficient (Wildman–Crippen LogP) is 2.63. The number of hydrogen-bond acceptors (Lipinski definition) is 1. The second-order valence-electron chi connectivity index (χ2n) is 4.89. The fraction of sp³-hybridized carbons (Fsp3) is 0.500. The van der Waals surface area contributed by atoms with E-state index in [9.17, 15) is 9.18 Å². The number of halogens is 1. The van der Waals surface area contributed by atoms with Crippen LogP contribution >= 0.6 is 0 Å². The molecule has 1 amide bonds. The molecule has 2 nitrogen and oxygen atoms in total. The molecule has 3 heteroatoms. The second-order valence-corrected chi connectivity index (χ2v) is 4.89. The van der Waals surface area contributed by atoms with Gasteiger partial charge in [-0.25, -0.2) is 4.39 Å². The minimum absolute atomic E-state index is 0.0648. The Bertz CT molecular complexity index is 414. The fourth-order valence-electron chi connectivity index (χ4n) is 2.07. The Morgan fingerprint density at radius 2 is 2.24 bits per heavy atom. The average molecular weight is 235 g/mol. The van der Waals surface area contributed by atoms with Gasteiger partial charge >= 0.3 is 0 Å². The van der Waals surface area contributed by atoms with Gasteiger partial charge in [0.05, 0.1) is 6.42 Å². The van der Waals surface area contributed by atoms with E-state index in [4.69, 9.17) is 0 Å². The summed E-state index contributed by atoms with van der Waals surface area (Å²) in [6.45, 7) is 2.08. The van der Waals surface area contributed by atoms with Crippen LogP contribution in [0, 0.1) is 11.7 Å². The molecule has 0 aliphatic heterocycles. The van der Waals surface area contributed by atoms with Crippen molar-refractivity contribution in [3.05, 3.63) is 35.6 Å². The van der Waals surface area contributed by atoms with Gasteiger partial charge in [0.25, 0.3) is 0 Å². The molecule has 1 unspecified atom stereocenters. The Morgan fingerprint density at radius 3 is 2.82 bits per heavy atom. The van der Waals surface area contributed by atoms with Crippen molar-refractivity contribution in [2.75, 3.05) is 7.05 Å². The van der Waals surface area contributed by atoms with Gasteiger partial charge in [0.1, 0.15) is 5.82 Å². The molecule has 0 heterocycles. The van der Waals surface area contributed by atoms with Crippen LogP contribution in [0.25, 0.3) is 0 Å². The van der Waals surface area contributed by atoms with Crippen molar-refractivity contribution in [3.8, 4) is 0 Å². The topological polar surface area (TPSA) is 20.3 Å². The molecule has 0 radical (unpaired) electrons. The minimum atomic E-state index is -0.284. The van der Waals surface area contributed by atoms with E-state index in [2.05, 4.69) is 6.92 Å². The third kappa shape index (κ3) is 3.05. The van der Waals surface area contributed by atoms with Crippen LogP contribution < -0.4 is 0 Å². The van der Waals surface area contributed by atoms with Gasteiger partial charge < -0.3 is 4.90 Å². The summed E-state index contributed by atoms with van der Waals surface area (Å²) in [5.74, 6) is 0.444. The van der Waals surface area contributed by atoms with Crippen molar-refractivity contribution in [1.29, 1.82) is 0 Å². The molecule has 1 saturated carbocycles. The molecule has 0 saturated heterocycles. The molecular weight excluding hydrogens is 217 g/mol. The summed E-state index contributed by atoms with van der Waals surface area (Å²) in [6, 6.07) is 6.55. The maximum Gasteiger partial charge on any atom is 0.226 e. The summed E-state index contributed by atoms with van der Waals surface area (Å²) < 4.78 is 13.0. The normalized spacial score (nSPS) is 16.6. The zero-order chi connectivity index (χ0) is 12.4. The molecular formula is C14H18FNO. The number of likely N-dealkylation sites (N-methyl/N-ethyl adjacent to an activating group) is 1. The largest absolute Gasteiger partial charge is 0.342 e. The van der Waals surface area contributed by atoms with Gasteiger partial charge in [-0.2, -0.15) is 0 Å². The standard InChI is InChI=1S/C14H18FNO/c1-10(12-6-7-12)16(2)14(17)9-11-4-3-5-13(15)8-11/h3-5,8,10,12H,6-7,9H2,1-2H3. The first-order chi connectivity index (χ1) is 8.08. The lowest BCUT2D eigenvalue weighted by molar-refractivity contribution is -0.131. The van der Waals surface area contributed by atoms with Gasteiger partial charge in [0.2, 0.25) is 5.91 Å². The highest BCUT2D eigenvalue weighted by Gasteiger charge is 2.32. The molecule has 17 heavy (non-hydrogen) atoms. The molecule has 0 aromatic heterocycles. The molecule has 2 rings (SSSR count). The monoisotopic (exact) mass is 235 g/mol. The fourth-order valence-corrected chi connectivity index (χ4v) is 2.07. The van der Waals surface area contributed by atoms with Crippen molar-refractivity contribution in [2.24, 2.45) is 5.92 Å². The minimum Gasteiger partial charge on any atom is -0.342 e. The van der Waals surface area contributed by atoms with Crippen molar-refractivity contribution < 1.29 is 9.18 Å².